The first kappa shape index (κ1) is 35.6. The van der Waals surface area contributed by atoms with Crippen molar-refractivity contribution in [2.24, 2.45) is 5.73 Å². The Bertz CT molecular complexity index is 3380. The van der Waals surface area contributed by atoms with Crippen LogP contribution >= 0.6 is 0 Å². The summed E-state index contributed by atoms with van der Waals surface area (Å²) in [7, 11) is 0. The van der Waals surface area contributed by atoms with Gasteiger partial charge in [0, 0.05) is 12.2 Å². The average Bonchev–Trinajstić information content (AvgIpc) is 3.32. The number of fused-ring (bicyclic) bond motifs is 10. The molecule has 284 valence electrons. The molecule has 0 aliphatic heterocycles. The highest BCUT2D eigenvalue weighted by molar-refractivity contribution is 6.25. The Balaban J connectivity index is 0.974. The van der Waals surface area contributed by atoms with Crippen molar-refractivity contribution in [1.29, 1.82) is 0 Å². The maximum atomic E-state index is 7.06. The van der Waals surface area contributed by atoms with Gasteiger partial charge in [0.25, 0.3) is 0 Å². The van der Waals surface area contributed by atoms with Gasteiger partial charge in [-0.2, -0.15) is 0 Å². The van der Waals surface area contributed by atoms with Crippen molar-refractivity contribution in [2.75, 3.05) is 0 Å². The second kappa shape index (κ2) is 15.0. The van der Waals surface area contributed by atoms with E-state index in [0.29, 0.717) is 6.54 Å². The Morgan fingerprint density at radius 3 is 1.62 bits per heavy atom. The molecule has 0 saturated heterocycles. The molecule has 3 N–H and O–H groups in total. The van der Waals surface area contributed by atoms with Crippen LogP contribution in [0.2, 0.25) is 0 Å². The van der Waals surface area contributed by atoms with E-state index in [1.165, 1.54) is 92.5 Å². The standard InChI is InChI=1S/C58H42N2/c59-56(42-28-26-40(27-29-42)39-12-2-1-3-13-39)36-57(45-31-32-52-50-20-9-8-18-48(50)49-19-10-11-21-51(49)55(52)35-45)60-37-38-22-24-43(25-23-38)58-47-17-7-5-15-44(47)34-54-46-16-6-4-14-41(46)30-33-53(54)58/h1-36,56,60H,37,59H2/b57-36-. The summed E-state index contributed by atoms with van der Waals surface area (Å²) in [6.45, 7) is 0.642. The van der Waals surface area contributed by atoms with Gasteiger partial charge in [-0.05, 0) is 122 Å². The van der Waals surface area contributed by atoms with Crippen LogP contribution in [-0.2, 0) is 6.54 Å². The lowest BCUT2D eigenvalue weighted by atomic mass is 9.89. The van der Waals surface area contributed by atoms with Crippen LogP contribution in [0.1, 0.15) is 22.7 Å². The minimum atomic E-state index is -0.320. The van der Waals surface area contributed by atoms with E-state index in [9.17, 15) is 0 Å². The third-order valence-corrected chi connectivity index (χ3v) is 12.3. The molecule has 2 heteroatoms. The molecule has 0 bridgehead atoms. The molecule has 11 aromatic rings. The van der Waals surface area contributed by atoms with E-state index in [1.54, 1.807) is 0 Å². The normalized spacial score (nSPS) is 12.5. The Labute approximate surface area is 349 Å². The number of rotatable bonds is 8. The predicted octanol–water partition coefficient (Wildman–Crippen LogP) is 14.8. The zero-order chi connectivity index (χ0) is 40.0. The van der Waals surface area contributed by atoms with Crippen molar-refractivity contribution in [3.05, 3.63) is 235 Å². The minimum Gasteiger partial charge on any atom is -0.381 e. The zero-order valence-electron chi connectivity index (χ0n) is 33.1. The molecule has 60 heavy (non-hydrogen) atoms. The van der Waals surface area contributed by atoms with Crippen LogP contribution in [0.15, 0.2) is 218 Å². The fourth-order valence-electron chi connectivity index (χ4n) is 9.25. The molecule has 1 unspecified atom stereocenters. The molecule has 0 radical (unpaired) electrons. The van der Waals surface area contributed by atoms with Crippen LogP contribution in [0.5, 0.6) is 0 Å². The first-order valence-electron chi connectivity index (χ1n) is 20.8. The number of hydrogen-bond acceptors (Lipinski definition) is 2. The van der Waals surface area contributed by atoms with Gasteiger partial charge in [-0.1, -0.05) is 200 Å². The van der Waals surface area contributed by atoms with Gasteiger partial charge in [-0.15, -0.1) is 0 Å². The topological polar surface area (TPSA) is 38.0 Å². The summed E-state index contributed by atoms with van der Waals surface area (Å²) in [5.74, 6) is 0. The lowest BCUT2D eigenvalue weighted by Gasteiger charge is -2.18. The quantitative estimate of drug-likeness (QED) is 0.119. The van der Waals surface area contributed by atoms with Crippen molar-refractivity contribution < 1.29 is 0 Å². The summed E-state index contributed by atoms with van der Waals surface area (Å²) in [6, 6.07) is 76.6. The lowest BCUT2D eigenvalue weighted by molar-refractivity contribution is 0.858. The van der Waals surface area contributed by atoms with Gasteiger partial charge in [-0.25, -0.2) is 0 Å². The van der Waals surface area contributed by atoms with Crippen LogP contribution in [0, 0.1) is 0 Å². The molecule has 0 spiro atoms. The van der Waals surface area contributed by atoms with E-state index < -0.39 is 0 Å². The molecule has 0 amide bonds. The van der Waals surface area contributed by atoms with Crippen molar-refractivity contribution in [1.82, 2.24) is 5.32 Å². The zero-order valence-corrected chi connectivity index (χ0v) is 33.1. The molecule has 0 heterocycles. The molecule has 0 aliphatic rings. The minimum absolute atomic E-state index is 0.320. The summed E-state index contributed by atoms with van der Waals surface area (Å²) in [4.78, 5) is 0. The van der Waals surface area contributed by atoms with Crippen molar-refractivity contribution in [3.8, 4) is 22.3 Å². The molecule has 11 rings (SSSR count). The van der Waals surface area contributed by atoms with Gasteiger partial charge >= 0.3 is 0 Å². The smallest absolute Gasteiger partial charge is 0.0504 e. The Morgan fingerprint density at radius 1 is 0.400 bits per heavy atom. The van der Waals surface area contributed by atoms with Crippen LogP contribution in [0.3, 0.4) is 0 Å². The molecule has 11 aromatic carbocycles. The fraction of sp³-hybridized carbons (Fsp3) is 0.0345. The average molecular weight is 767 g/mol. The highest BCUT2D eigenvalue weighted by Gasteiger charge is 2.15. The number of benzene rings is 11. The SMILES string of the molecule is NC(/C=C(\NCc1ccc(-c2c3ccccc3cc3c2ccc2ccccc23)cc1)c1ccc2c3ccccc3c3ccccc3c2c1)c1ccc(-c2ccccc2)cc1. The van der Waals surface area contributed by atoms with Gasteiger partial charge in [0.1, 0.15) is 0 Å². The Hall–Kier alpha value is -7.52. The highest BCUT2D eigenvalue weighted by atomic mass is 14.9. The number of nitrogens with one attached hydrogen (secondary N) is 1. The second-order valence-corrected chi connectivity index (χ2v) is 15.9. The van der Waals surface area contributed by atoms with Crippen LogP contribution < -0.4 is 11.1 Å². The molecule has 0 aromatic heterocycles. The molecule has 1 atom stereocenters. The van der Waals surface area contributed by atoms with Gasteiger partial charge in [0.2, 0.25) is 0 Å². The Morgan fingerprint density at radius 2 is 0.917 bits per heavy atom. The van der Waals surface area contributed by atoms with E-state index in [0.717, 1.165) is 16.8 Å². The van der Waals surface area contributed by atoms with Gasteiger partial charge in [0.05, 0.1) is 6.04 Å². The van der Waals surface area contributed by atoms with Crippen molar-refractivity contribution in [3.63, 3.8) is 0 Å². The van der Waals surface area contributed by atoms with E-state index >= 15 is 0 Å². The molecule has 0 aliphatic carbocycles. The Kier molecular flexibility index (Phi) is 8.91. The van der Waals surface area contributed by atoms with Gasteiger partial charge < -0.3 is 11.1 Å². The number of hydrogen-bond donors (Lipinski definition) is 2. The third kappa shape index (κ3) is 6.35. The largest absolute Gasteiger partial charge is 0.381 e. The highest BCUT2D eigenvalue weighted by Crippen LogP contribution is 2.40. The van der Waals surface area contributed by atoms with Gasteiger partial charge in [-0.3, -0.25) is 0 Å². The summed E-state index contributed by atoms with van der Waals surface area (Å²) >= 11 is 0. The summed E-state index contributed by atoms with van der Waals surface area (Å²) < 4.78 is 0. The van der Waals surface area contributed by atoms with Crippen LogP contribution in [-0.4, -0.2) is 0 Å². The monoisotopic (exact) mass is 766 g/mol. The summed E-state index contributed by atoms with van der Waals surface area (Å²) in [6.07, 6.45) is 2.18. The summed E-state index contributed by atoms with van der Waals surface area (Å²) in [5.41, 5.74) is 16.3. The first-order chi connectivity index (χ1) is 29.7. The first-order valence-corrected chi connectivity index (χ1v) is 20.8. The molecular weight excluding hydrogens is 725 g/mol. The maximum Gasteiger partial charge on any atom is 0.0504 e. The van der Waals surface area contributed by atoms with E-state index in [2.05, 4.69) is 218 Å². The summed E-state index contributed by atoms with van der Waals surface area (Å²) in [5, 5.41) is 19.0. The van der Waals surface area contributed by atoms with Crippen molar-refractivity contribution >= 4 is 70.3 Å². The van der Waals surface area contributed by atoms with E-state index in [1.807, 2.05) is 6.07 Å². The maximum absolute atomic E-state index is 7.06. The van der Waals surface area contributed by atoms with Crippen LogP contribution in [0.25, 0.3) is 92.6 Å². The molecule has 0 fully saturated rings. The van der Waals surface area contributed by atoms with E-state index in [4.69, 9.17) is 5.73 Å². The predicted molar refractivity (Wildman–Crippen MR) is 257 cm³/mol. The molecule has 0 saturated carbocycles. The molecular formula is C58H42N2. The second-order valence-electron chi connectivity index (χ2n) is 15.9. The lowest BCUT2D eigenvalue weighted by Crippen LogP contribution is -2.16. The van der Waals surface area contributed by atoms with E-state index in [-0.39, 0.29) is 6.04 Å². The molecule has 2 nitrogen and oxygen atoms in total. The van der Waals surface area contributed by atoms with Crippen LogP contribution in [0.4, 0.5) is 0 Å². The number of nitrogens with two attached hydrogens (primary N) is 1. The van der Waals surface area contributed by atoms with Gasteiger partial charge in [0.15, 0.2) is 0 Å². The fourth-order valence-corrected chi connectivity index (χ4v) is 9.25. The third-order valence-electron chi connectivity index (χ3n) is 12.3. The van der Waals surface area contributed by atoms with Crippen molar-refractivity contribution in [2.45, 2.75) is 12.6 Å².